The lowest BCUT2D eigenvalue weighted by Gasteiger charge is -2.16. The Labute approximate surface area is 135 Å². The van der Waals surface area contributed by atoms with E-state index in [-0.39, 0.29) is 10.2 Å². The number of hydrogen-bond donors (Lipinski definition) is 2. The number of thiophene rings is 1. The van der Waals surface area contributed by atoms with Gasteiger partial charge in [0.2, 0.25) is 10.0 Å². The molecule has 0 aliphatic carbocycles. The molecule has 0 radical (unpaired) electrons. The molecule has 21 heavy (non-hydrogen) atoms. The summed E-state index contributed by atoms with van der Waals surface area (Å²) >= 11 is 4.41. The fourth-order valence-electron chi connectivity index (χ4n) is 1.86. The Bertz CT molecular complexity index is 733. The highest BCUT2D eigenvalue weighted by Gasteiger charge is 2.25. The molecule has 1 aromatic heterocycles. The number of rotatable bonds is 5. The van der Waals surface area contributed by atoms with Crippen LogP contribution in [-0.2, 0) is 10.0 Å². The largest absolute Gasteiger partial charge is 0.399 e. The number of benzene rings is 1. The first-order chi connectivity index (χ1) is 9.85. The molecule has 0 saturated carbocycles. The summed E-state index contributed by atoms with van der Waals surface area (Å²) in [6.07, 6.45) is 0.560. The van der Waals surface area contributed by atoms with Gasteiger partial charge in [-0.25, -0.2) is 17.5 Å². The maximum atomic E-state index is 14.1. The normalized spacial score (nSPS) is 13.3. The molecule has 4 nitrogen and oxygen atoms in total. The molecule has 0 amide bonds. The number of anilines is 1. The van der Waals surface area contributed by atoms with Crippen LogP contribution in [0.15, 0.2) is 39.0 Å². The van der Waals surface area contributed by atoms with Crippen molar-refractivity contribution in [2.45, 2.75) is 24.3 Å². The van der Waals surface area contributed by atoms with E-state index in [1.165, 1.54) is 17.4 Å². The summed E-state index contributed by atoms with van der Waals surface area (Å²) in [4.78, 5) is 0.425. The van der Waals surface area contributed by atoms with Gasteiger partial charge < -0.3 is 5.73 Å². The Hall–Kier alpha value is -0.960. The van der Waals surface area contributed by atoms with Crippen molar-refractivity contribution in [3.8, 4) is 0 Å². The quantitative estimate of drug-likeness (QED) is 0.762. The smallest absolute Gasteiger partial charge is 0.244 e. The molecule has 0 aliphatic rings. The third-order valence-corrected chi connectivity index (χ3v) is 5.93. The third-order valence-electron chi connectivity index (χ3n) is 2.90. The summed E-state index contributed by atoms with van der Waals surface area (Å²) in [5, 5.41) is 1.87. The molecule has 0 fully saturated rings. The van der Waals surface area contributed by atoms with E-state index < -0.39 is 26.8 Å². The molecule has 114 valence electrons. The van der Waals surface area contributed by atoms with E-state index in [0.717, 1.165) is 10.9 Å². The monoisotopic (exact) mass is 392 g/mol. The molecule has 1 unspecified atom stereocenters. The molecule has 8 heteroatoms. The lowest BCUT2D eigenvalue weighted by Crippen LogP contribution is -2.28. The van der Waals surface area contributed by atoms with Crippen LogP contribution < -0.4 is 10.5 Å². The fraction of sp³-hybridized carbons (Fsp3) is 0.231. The molecule has 1 aromatic carbocycles. The maximum Gasteiger partial charge on any atom is 0.244 e. The first-order valence-corrected chi connectivity index (χ1v) is 9.31. The van der Waals surface area contributed by atoms with Gasteiger partial charge in [-0.3, -0.25) is 0 Å². The Morgan fingerprint density at radius 1 is 1.48 bits per heavy atom. The Balaban J connectivity index is 2.39. The van der Waals surface area contributed by atoms with Gasteiger partial charge in [-0.1, -0.05) is 13.0 Å². The Morgan fingerprint density at radius 2 is 2.19 bits per heavy atom. The highest BCUT2D eigenvalue weighted by Crippen LogP contribution is 2.29. The van der Waals surface area contributed by atoms with Crippen molar-refractivity contribution >= 4 is 43.0 Å². The minimum absolute atomic E-state index is 0.0204. The van der Waals surface area contributed by atoms with Gasteiger partial charge in [-0.15, -0.1) is 11.3 Å². The van der Waals surface area contributed by atoms with E-state index >= 15 is 0 Å². The number of hydrogen-bond acceptors (Lipinski definition) is 4. The molecule has 1 atom stereocenters. The second-order valence-corrected chi connectivity index (χ2v) is 7.93. The molecule has 0 saturated heterocycles. The van der Waals surface area contributed by atoms with Gasteiger partial charge in [0.05, 0.1) is 10.5 Å². The van der Waals surface area contributed by atoms with E-state index in [9.17, 15) is 12.8 Å². The van der Waals surface area contributed by atoms with Crippen LogP contribution in [0.2, 0.25) is 0 Å². The zero-order valence-corrected chi connectivity index (χ0v) is 14.4. The Kier molecular flexibility index (Phi) is 5.03. The van der Waals surface area contributed by atoms with Crippen LogP contribution >= 0.6 is 27.3 Å². The van der Waals surface area contributed by atoms with Crippen molar-refractivity contribution in [2.75, 3.05) is 5.73 Å². The zero-order chi connectivity index (χ0) is 15.6. The van der Waals surface area contributed by atoms with Gasteiger partial charge >= 0.3 is 0 Å². The van der Waals surface area contributed by atoms with Crippen molar-refractivity contribution in [3.63, 3.8) is 0 Å². The molecule has 2 rings (SSSR count). The van der Waals surface area contributed by atoms with E-state index in [4.69, 9.17) is 5.73 Å². The highest BCUT2D eigenvalue weighted by molar-refractivity contribution is 9.10. The molecular weight excluding hydrogens is 379 g/mol. The summed E-state index contributed by atoms with van der Waals surface area (Å²) in [5.41, 5.74) is 5.77. The maximum absolute atomic E-state index is 14.1. The zero-order valence-electron chi connectivity index (χ0n) is 11.1. The molecule has 0 aliphatic heterocycles. The van der Waals surface area contributed by atoms with Crippen LogP contribution in [0.4, 0.5) is 10.1 Å². The summed E-state index contributed by atoms with van der Waals surface area (Å²) < 4.78 is 41.4. The third kappa shape index (κ3) is 3.63. The standard InChI is InChI=1S/C13H14BrFN2O2S2/c1-2-10(11-4-3-5-20-11)17-21(18,19)12-7-8(16)6-9(14)13(12)15/h3-7,10,17H,2,16H2,1H3. The van der Waals surface area contributed by atoms with Crippen LogP contribution in [0.3, 0.4) is 0 Å². The molecule has 0 bridgehead atoms. The molecule has 3 N–H and O–H groups in total. The number of nitrogens with one attached hydrogen (secondary N) is 1. The number of nitrogen functional groups attached to an aromatic ring is 1. The minimum Gasteiger partial charge on any atom is -0.399 e. The van der Waals surface area contributed by atoms with Crippen molar-refractivity contribution in [2.24, 2.45) is 0 Å². The highest BCUT2D eigenvalue weighted by atomic mass is 79.9. The van der Waals surface area contributed by atoms with Gasteiger partial charge in [0, 0.05) is 10.6 Å². The second-order valence-electron chi connectivity index (χ2n) is 4.41. The second kappa shape index (κ2) is 6.43. The average Bonchev–Trinajstić information content (AvgIpc) is 2.94. The van der Waals surface area contributed by atoms with E-state index in [0.29, 0.717) is 6.42 Å². The van der Waals surface area contributed by atoms with Gasteiger partial charge in [0.1, 0.15) is 4.90 Å². The summed E-state index contributed by atoms with van der Waals surface area (Å²) in [5.74, 6) is -0.849. The summed E-state index contributed by atoms with van der Waals surface area (Å²) in [6.45, 7) is 1.86. The van der Waals surface area contributed by atoms with Crippen molar-refractivity contribution in [3.05, 3.63) is 44.8 Å². The van der Waals surface area contributed by atoms with E-state index in [1.807, 2.05) is 24.4 Å². The Morgan fingerprint density at radius 3 is 2.76 bits per heavy atom. The lowest BCUT2D eigenvalue weighted by atomic mass is 10.2. The minimum atomic E-state index is -4.00. The van der Waals surface area contributed by atoms with Crippen LogP contribution in [0, 0.1) is 5.82 Å². The molecule has 2 aromatic rings. The van der Waals surface area contributed by atoms with Crippen LogP contribution in [0.5, 0.6) is 0 Å². The predicted octanol–water partition coefficient (Wildman–Crippen LogP) is 3.66. The fourth-order valence-corrected chi connectivity index (χ4v) is 4.84. The van der Waals surface area contributed by atoms with Crippen molar-refractivity contribution in [1.29, 1.82) is 0 Å². The summed E-state index contributed by atoms with van der Waals surface area (Å²) in [7, 11) is -4.00. The number of nitrogens with two attached hydrogens (primary N) is 1. The predicted molar refractivity (Wildman–Crippen MR) is 86.2 cm³/mol. The van der Waals surface area contributed by atoms with E-state index in [1.54, 1.807) is 0 Å². The van der Waals surface area contributed by atoms with Gasteiger partial charge in [-0.05, 0) is 45.9 Å². The van der Waals surface area contributed by atoms with Gasteiger partial charge in [-0.2, -0.15) is 0 Å². The van der Waals surface area contributed by atoms with Crippen molar-refractivity contribution in [1.82, 2.24) is 4.72 Å². The van der Waals surface area contributed by atoms with Crippen LogP contribution in [0.1, 0.15) is 24.3 Å². The topological polar surface area (TPSA) is 72.2 Å². The van der Waals surface area contributed by atoms with Crippen LogP contribution in [0.25, 0.3) is 0 Å². The summed E-state index contributed by atoms with van der Waals surface area (Å²) in [6, 6.07) is 5.73. The molecule has 1 heterocycles. The lowest BCUT2D eigenvalue weighted by molar-refractivity contribution is 0.536. The number of halogens is 2. The first kappa shape index (κ1) is 16.4. The van der Waals surface area contributed by atoms with E-state index in [2.05, 4.69) is 20.7 Å². The SMILES string of the molecule is CCC(NS(=O)(=O)c1cc(N)cc(Br)c1F)c1cccs1. The number of sulfonamides is 1. The molecular formula is C13H14BrFN2O2S2. The van der Waals surface area contributed by atoms with Crippen molar-refractivity contribution < 1.29 is 12.8 Å². The van der Waals surface area contributed by atoms with Gasteiger partial charge in [0.15, 0.2) is 5.82 Å². The molecule has 0 spiro atoms. The average molecular weight is 393 g/mol. The van der Waals surface area contributed by atoms with Gasteiger partial charge in [0.25, 0.3) is 0 Å². The first-order valence-electron chi connectivity index (χ1n) is 6.15. The van der Waals surface area contributed by atoms with Crippen LogP contribution in [-0.4, -0.2) is 8.42 Å².